The van der Waals surface area contributed by atoms with Crippen LogP contribution in [0.1, 0.15) is 5.56 Å². The number of hydrogen-bond donors (Lipinski definition) is 0. The lowest BCUT2D eigenvalue weighted by Crippen LogP contribution is -1.93. The Bertz CT molecular complexity index is 3270. The van der Waals surface area contributed by atoms with E-state index in [-0.39, 0.29) is 0 Å². The van der Waals surface area contributed by atoms with Crippen molar-refractivity contribution in [2.75, 3.05) is 0 Å². The van der Waals surface area contributed by atoms with Crippen LogP contribution in [0.2, 0.25) is 0 Å². The second-order valence-electron chi connectivity index (χ2n) is 13.0. The minimum absolute atomic E-state index is 0.635. The lowest BCUT2D eigenvalue weighted by atomic mass is 9.97. The summed E-state index contributed by atoms with van der Waals surface area (Å²) in [6.07, 6.45) is 0. The Hall–Kier alpha value is -7.16. The molecule has 0 unspecified atom stereocenters. The zero-order chi connectivity index (χ0) is 33.6. The fourth-order valence-electron chi connectivity index (χ4n) is 7.89. The molecule has 11 rings (SSSR count). The van der Waals surface area contributed by atoms with Gasteiger partial charge in [-0.2, -0.15) is 5.26 Å². The molecule has 0 bridgehead atoms. The number of hydrogen-bond acceptors (Lipinski definition) is 4. The lowest BCUT2D eigenvalue weighted by molar-refractivity contribution is 0.668. The van der Waals surface area contributed by atoms with E-state index in [1.807, 2.05) is 66.7 Å². The van der Waals surface area contributed by atoms with Crippen molar-refractivity contribution in [3.05, 3.63) is 157 Å². The molecule has 0 aliphatic heterocycles. The molecule has 0 atom stereocenters. The molecule has 11 aromatic rings. The van der Waals surface area contributed by atoms with Crippen molar-refractivity contribution in [3.8, 4) is 34.1 Å². The van der Waals surface area contributed by atoms with E-state index in [0.717, 1.165) is 105 Å². The summed E-state index contributed by atoms with van der Waals surface area (Å²) in [5.74, 6) is 0. The van der Waals surface area contributed by atoms with Gasteiger partial charge in [-0.15, -0.1) is 0 Å². The molecule has 0 radical (unpaired) electrons. The van der Waals surface area contributed by atoms with Crippen LogP contribution in [-0.4, -0.2) is 9.55 Å². The Morgan fingerprint density at radius 2 is 1.20 bits per heavy atom. The van der Waals surface area contributed by atoms with Crippen LogP contribution in [0.15, 0.2) is 160 Å². The van der Waals surface area contributed by atoms with Crippen molar-refractivity contribution in [2.45, 2.75) is 0 Å². The van der Waals surface area contributed by atoms with Crippen molar-refractivity contribution in [1.82, 2.24) is 9.55 Å². The third-order valence-corrected chi connectivity index (χ3v) is 10.2. The molecular formula is C46H25N3O2. The Morgan fingerprint density at radius 1 is 0.490 bits per heavy atom. The predicted molar refractivity (Wildman–Crippen MR) is 206 cm³/mol. The Morgan fingerprint density at radius 3 is 2.06 bits per heavy atom. The number of benzene rings is 7. The largest absolute Gasteiger partial charge is 0.455 e. The number of pyridine rings is 1. The van der Waals surface area contributed by atoms with Gasteiger partial charge >= 0.3 is 0 Å². The van der Waals surface area contributed by atoms with Crippen molar-refractivity contribution in [1.29, 1.82) is 5.26 Å². The third-order valence-electron chi connectivity index (χ3n) is 10.2. The van der Waals surface area contributed by atoms with Crippen LogP contribution < -0.4 is 0 Å². The first-order valence-electron chi connectivity index (χ1n) is 16.9. The SMILES string of the molecule is N#Cc1ccc2c3cc(-c4cccc(-c5nc6c(ccc7c8ccccc8oc76)c6oc7ccccc7c56)c4)ccc3n(-c3ccccc3)c2c1. The smallest absolute Gasteiger partial charge is 0.161 e. The molecule has 7 aromatic carbocycles. The van der Waals surface area contributed by atoms with Crippen LogP contribution in [0.5, 0.6) is 0 Å². The van der Waals surface area contributed by atoms with Gasteiger partial charge in [0, 0.05) is 43.6 Å². The lowest BCUT2D eigenvalue weighted by Gasteiger charge is -2.10. The topological polar surface area (TPSA) is 67.9 Å². The van der Waals surface area contributed by atoms with E-state index in [1.54, 1.807) is 0 Å². The van der Waals surface area contributed by atoms with Crippen LogP contribution in [0.4, 0.5) is 0 Å². The maximum absolute atomic E-state index is 9.73. The molecule has 0 spiro atoms. The normalized spacial score (nSPS) is 11.9. The minimum atomic E-state index is 0.635. The highest BCUT2D eigenvalue weighted by Gasteiger charge is 2.22. The molecule has 51 heavy (non-hydrogen) atoms. The van der Waals surface area contributed by atoms with Crippen LogP contribution in [0.25, 0.3) is 105 Å². The predicted octanol–water partition coefficient (Wildman–Crippen LogP) is 12.3. The molecule has 5 heteroatoms. The summed E-state index contributed by atoms with van der Waals surface area (Å²) in [5, 5.41) is 17.0. The number of nitriles is 1. The van der Waals surface area contributed by atoms with Gasteiger partial charge in [0.05, 0.1) is 33.7 Å². The van der Waals surface area contributed by atoms with E-state index in [1.165, 1.54) is 0 Å². The first-order chi connectivity index (χ1) is 25.2. The van der Waals surface area contributed by atoms with Gasteiger partial charge in [-0.25, -0.2) is 4.98 Å². The molecule has 0 fully saturated rings. The molecule has 0 saturated carbocycles. The highest BCUT2D eigenvalue weighted by Crippen LogP contribution is 2.43. The first-order valence-corrected chi connectivity index (χ1v) is 16.9. The van der Waals surface area contributed by atoms with Gasteiger partial charge in [0.15, 0.2) is 5.58 Å². The van der Waals surface area contributed by atoms with Crippen molar-refractivity contribution >= 4 is 76.6 Å². The van der Waals surface area contributed by atoms with Crippen molar-refractivity contribution in [3.63, 3.8) is 0 Å². The summed E-state index contributed by atoms with van der Waals surface area (Å²) < 4.78 is 15.3. The van der Waals surface area contributed by atoms with Crippen LogP contribution in [0.3, 0.4) is 0 Å². The highest BCUT2D eigenvalue weighted by molar-refractivity contribution is 6.24. The summed E-state index contributed by atoms with van der Waals surface area (Å²) in [6, 6.07) is 54.3. The van der Waals surface area contributed by atoms with E-state index in [2.05, 4.69) is 95.6 Å². The maximum atomic E-state index is 9.73. The summed E-state index contributed by atoms with van der Waals surface area (Å²) in [5.41, 5.74) is 11.8. The Balaban J connectivity index is 1.16. The van der Waals surface area contributed by atoms with E-state index in [9.17, 15) is 5.26 Å². The fourth-order valence-corrected chi connectivity index (χ4v) is 7.89. The number of nitrogens with zero attached hydrogens (tertiary/aromatic N) is 3. The number of fused-ring (bicyclic) bond motifs is 12. The number of para-hydroxylation sites is 3. The molecule has 0 amide bonds. The van der Waals surface area contributed by atoms with Crippen LogP contribution in [0, 0.1) is 11.3 Å². The first kappa shape index (κ1) is 27.8. The van der Waals surface area contributed by atoms with Crippen molar-refractivity contribution in [2.24, 2.45) is 0 Å². The summed E-state index contributed by atoms with van der Waals surface area (Å²) in [6.45, 7) is 0. The second-order valence-corrected chi connectivity index (χ2v) is 13.0. The summed E-state index contributed by atoms with van der Waals surface area (Å²) in [7, 11) is 0. The average molecular weight is 652 g/mol. The molecule has 236 valence electrons. The molecule has 0 saturated heterocycles. The van der Waals surface area contributed by atoms with Crippen LogP contribution >= 0.6 is 0 Å². The average Bonchev–Trinajstić information content (AvgIpc) is 3.87. The molecule has 4 aromatic heterocycles. The summed E-state index contributed by atoms with van der Waals surface area (Å²) >= 11 is 0. The number of aromatic nitrogens is 2. The standard InChI is InChI=1S/C46H25N3O2/c47-26-27-17-19-32-37-25-29(18-22-38(37)49(39(32)23-27)31-11-2-1-3-12-31)28-9-8-10-30(24-28)43-42-35-14-5-7-16-41(35)50-45(42)36-21-20-34-33-13-4-6-15-40(33)51-46(34)44(36)48-43/h1-25H. The van der Waals surface area contributed by atoms with Crippen LogP contribution in [-0.2, 0) is 0 Å². The Kier molecular flexibility index (Phi) is 5.67. The van der Waals surface area contributed by atoms with E-state index in [0.29, 0.717) is 5.56 Å². The van der Waals surface area contributed by atoms with Gasteiger partial charge in [0.25, 0.3) is 0 Å². The molecular weight excluding hydrogens is 627 g/mol. The Labute approximate surface area is 290 Å². The van der Waals surface area contributed by atoms with Gasteiger partial charge in [0.1, 0.15) is 22.3 Å². The fraction of sp³-hybridized carbons (Fsp3) is 0. The molecule has 0 N–H and O–H groups in total. The molecule has 0 aliphatic rings. The number of rotatable bonds is 3. The third kappa shape index (κ3) is 3.99. The van der Waals surface area contributed by atoms with E-state index < -0.39 is 0 Å². The molecule has 5 nitrogen and oxygen atoms in total. The van der Waals surface area contributed by atoms with Gasteiger partial charge in [-0.1, -0.05) is 84.9 Å². The maximum Gasteiger partial charge on any atom is 0.161 e. The van der Waals surface area contributed by atoms with Gasteiger partial charge in [-0.3, -0.25) is 0 Å². The van der Waals surface area contributed by atoms with Crippen molar-refractivity contribution < 1.29 is 8.83 Å². The van der Waals surface area contributed by atoms with E-state index >= 15 is 0 Å². The zero-order valence-corrected chi connectivity index (χ0v) is 27.1. The summed E-state index contributed by atoms with van der Waals surface area (Å²) in [4.78, 5) is 5.41. The molecule has 4 heterocycles. The highest BCUT2D eigenvalue weighted by atomic mass is 16.3. The van der Waals surface area contributed by atoms with E-state index in [4.69, 9.17) is 13.8 Å². The van der Waals surface area contributed by atoms with Gasteiger partial charge in [-0.05, 0) is 77.9 Å². The minimum Gasteiger partial charge on any atom is -0.455 e. The van der Waals surface area contributed by atoms with Gasteiger partial charge < -0.3 is 13.4 Å². The zero-order valence-electron chi connectivity index (χ0n) is 27.1. The second kappa shape index (κ2) is 10.4. The van der Waals surface area contributed by atoms with Gasteiger partial charge in [0.2, 0.25) is 0 Å². The number of furan rings is 2. The molecule has 0 aliphatic carbocycles. The monoisotopic (exact) mass is 651 g/mol. The quantitative estimate of drug-likeness (QED) is 0.191.